The molecule has 2 heteroatoms. The first kappa shape index (κ1) is 18.2. The number of Topliss-reactive ketones (excluding diaryl/α,β-unsaturated/α-hetero) is 1. The first-order chi connectivity index (χ1) is 13.1. The number of ketones is 1. The second-order valence-corrected chi connectivity index (χ2v) is 13.3. The van der Waals surface area contributed by atoms with Crippen LogP contribution in [-0.2, 0) is 11.2 Å². The SMILES string of the molecule is C[Si](C)(c1ccccc1)[C@H]1CCCC(=O)[C@@H]1Cc1ccc2ccccc2c1. The average molecular weight is 373 g/mol. The standard InChI is InChI=1S/C25H28OSi/c1-27(2,22-11-4-3-5-12-22)25-14-8-13-24(26)23(25)18-19-15-16-20-9-6-7-10-21(20)17-19/h3-7,9-12,15-17,23,25H,8,13-14,18H2,1-2H3/t23-,25-/m0/s1. The van der Waals surface area contributed by atoms with Crippen LogP contribution >= 0.6 is 0 Å². The first-order valence-corrected chi connectivity index (χ1v) is 13.2. The Balaban J connectivity index is 1.66. The molecule has 138 valence electrons. The molecule has 4 rings (SSSR count). The lowest BCUT2D eigenvalue weighted by Gasteiger charge is -2.41. The van der Waals surface area contributed by atoms with E-state index in [0.717, 1.165) is 19.3 Å². The maximum Gasteiger partial charge on any atom is 0.136 e. The van der Waals surface area contributed by atoms with E-state index in [1.54, 1.807) is 0 Å². The zero-order valence-corrected chi connectivity index (χ0v) is 17.3. The van der Waals surface area contributed by atoms with Crippen LogP contribution < -0.4 is 5.19 Å². The molecule has 3 aromatic carbocycles. The highest BCUT2D eigenvalue weighted by atomic mass is 28.3. The third-order valence-electron chi connectivity index (χ3n) is 6.55. The van der Waals surface area contributed by atoms with Crippen molar-refractivity contribution in [3.05, 3.63) is 78.4 Å². The van der Waals surface area contributed by atoms with Gasteiger partial charge in [-0.15, -0.1) is 0 Å². The summed E-state index contributed by atoms with van der Waals surface area (Å²) in [6.07, 6.45) is 3.89. The van der Waals surface area contributed by atoms with E-state index in [1.165, 1.54) is 27.9 Å². The van der Waals surface area contributed by atoms with Gasteiger partial charge in [-0.3, -0.25) is 4.79 Å². The molecule has 0 radical (unpaired) electrons. The molecule has 0 bridgehead atoms. The maximum atomic E-state index is 13.0. The Morgan fingerprint density at radius 2 is 1.59 bits per heavy atom. The van der Waals surface area contributed by atoms with Crippen molar-refractivity contribution in [2.75, 3.05) is 0 Å². The summed E-state index contributed by atoms with van der Waals surface area (Å²) in [5.74, 6) is 0.651. The van der Waals surface area contributed by atoms with Gasteiger partial charge in [-0.1, -0.05) is 97.5 Å². The van der Waals surface area contributed by atoms with E-state index in [2.05, 4.69) is 85.9 Å². The minimum absolute atomic E-state index is 0.168. The van der Waals surface area contributed by atoms with Gasteiger partial charge in [0.05, 0.1) is 8.07 Å². The minimum atomic E-state index is -1.71. The molecule has 0 amide bonds. The molecule has 0 unspecified atom stereocenters. The normalized spacial score (nSPS) is 20.7. The molecule has 2 atom stereocenters. The minimum Gasteiger partial charge on any atom is -0.299 e. The van der Waals surface area contributed by atoms with Crippen LogP contribution in [0.4, 0.5) is 0 Å². The fourth-order valence-electron chi connectivity index (χ4n) is 4.93. The zero-order valence-electron chi connectivity index (χ0n) is 16.3. The molecule has 0 aliphatic heterocycles. The van der Waals surface area contributed by atoms with Gasteiger partial charge in [0.15, 0.2) is 0 Å². The molecule has 0 aromatic heterocycles. The molecule has 1 nitrogen and oxygen atoms in total. The Kier molecular flexibility index (Phi) is 5.01. The van der Waals surface area contributed by atoms with Crippen molar-refractivity contribution in [1.29, 1.82) is 0 Å². The van der Waals surface area contributed by atoms with Gasteiger partial charge in [-0.25, -0.2) is 0 Å². The number of benzene rings is 3. The summed E-state index contributed by atoms with van der Waals surface area (Å²) in [5, 5.41) is 4.02. The molecule has 0 N–H and O–H groups in total. The number of hydrogen-bond donors (Lipinski definition) is 0. The van der Waals surface area contributed by atoms with Gasteiger partial charge in [0.1, 0.15) is 5.78 Å². The summed E-state index contributed by atoms with van der Waals surface area (Å²) in [6, 6.07) is 26.1. The highest BCUT2D eigenvalue weighted by molar-refractivity contribution is 6.91. The van der Waals surface area contributed by atoms with Gasteiger partial charge >= 0.3 is 0 Å². The van der Waals surface area contributed by atoms with Crippen LogP contribution in [0.3, 0.4) is 0 Å². The number of fused-ring (bicyclic) bond motifs is 1. The largest absolute Gasteiger partial charge is 0.299 e. The van der Waals surface area contributed by atoms with Crippen molar-refractivity contribution in [2.45, 2.75) is 44.3 Å². The highest BCUT2D eigenvalue weighted by Crippen LogP contribution is 2.41. The summed E-state index contributed by atoms with van der Waals surface area (Å²) >= 11 is 0. The number of carbonyl (C=O) groups excluding carboxylic acids is 1. The zero-order chi connectivity index (χ0) is 18.9. The van der Waals surface area contributed by atoms with Crippen molar-refractivity contribution >= 4 is 29.8 Å². The molecule has 27 heavy (non-hydrogen) atoms. The fraction of sp³-hybridized carbons (Fsp3) is 0.320. The topological polar surface area (TPSA) is 17.1 Å². The van der Waals surface area contributed by atoms with Crippen molar-refractivity contribution in [2.24, 2.45) is 5.92 Å². The van der Waals surface area contributed by atoms with Crippen molar-refractivity contribution in [3.63, 3.8) is 0 Å². The van der Waals surface area contributed by atoms with Crippen LogP contribution in [0.1, 0.15) is 24.8 Å². The fourth-order valence-corrected chi connectivity index (χ4v) is 8.64. The summed E-state index contributed by atoms with van der Waals surface area (Å²) in [5.41, 5.74) is 1.82. The second-order valence-electron chi connectivity index (χ2n) is 8.54. The maximum absolute atomic E-state index is 13.0. The van der Waals surface area contributed by atoms with Crippen LogP contribution in [0.15, 0.2) is 72.8 Å². The monoisotopic (exact) mass is 372 g/mol. The second kappa shape index (κ2) is 7.44. The molecule has 0 spiro atoms. The molecule has 1 fully saturated rings. The van der Waals surface area contributed by atoms with Crippen LogP contribution in [0.5, 0.6) is 0 Å². The Labute approximate surface area is 163 Å². The van der Waals surface area contributed by atoms with E-state index < -0.39 is 8.07 Å². The lowest BCUT2D eigenvalue weighted by molar-refractivity contribution is -0.124. The van der Waals surface area contributed by atoms with Gasteiger partial charge in [0.2, 0.25) is 0 Å². The molecule has 1 aliphatic rings. The number of hydrogen-bond acceptors (Lipinski definition) is 1. The molecule has 3 aromatic rings. The average Bonchev–Trinajstić information content (AvgIpc) is 2.70. The van der Waals surface area contributed by atoms with E-state index >= 15 is 0 Å². The molecule has 0 heterocycles. The van der Waals surface area contributed by atoms with Crippen LogP contribution in [0, 0.1) is 5.92 Å². The van der Waals surface area contributed by atoms with Gasteiger partial charge < -0.3 is 0 Å². The number of carbonyl (C=O) groups is 1. The van der Waals surface area contributed by atoms with Crippen LogP contribution in [-0.4, -0.2) is 13.9 Å². The van der Waals surface area contributed by atoms with Crippen molar-refractivity contribution in [1.82, 2.24) is 0 Å². The third kappa shape index (κ3) is 3.64. The Bertz CT molecular complexity index is 945. The predicted octanol–water partition coefficient (Wildman–Crippen LogP) is 5.74. The van der Waals surface area contributed by atoms with E-state index in [4.69, 9.17) is 0 Å². The third-order valence-corrected chi connectivity index (χ3v) is 10.9. The number of rotatable bonds is 4. The summed E-state index contributed by atoms with van der Waals surface area (Å²) in [4.78, 5) is 13.0. The van der Waals surface area contributed by atoms with Crippen molar-refractivity contribution < 1.29 is 4.79 Å². The van der Waals surface area contributed by atoms with Gasteiger partial charge in [0, 0.05) is 12.3 Å². The first-order valence-electron chi connectivity index (χ1n) is 10.1. The van der Waals surface area contributed by atoms with E-state index in [1.807, 2.05) is 0 Å². The summed E-state index contributed by atoms with van der Waals surface area (Å²) in [7, 11) is -1.71. The predicted molar refractivity (Wildman–Crippen MR) is 117 cm³/mol. The van der Waals surface area contributed by atoms with Gasteiger partial charge in [-0.2, -0.15) is 0 Å². The Morgan fingerprint density at radius 3 is 2.37 bits per heavy atom. The lowest BCUT2D eigenvalue weighted by atomic mass is 9.83. The Hall–Kier alpha value is -2.19. The van der Waals surface area contributed by atoms with E-state index in [9.17, 15) is 4.79 Å². The highest BCUT2D eigenvalue weighted by Gasteiger charge is 2.43. The quantitative estimate of drug-likeness (QED) is 0.534. The Morgan fingerprint density at radius 1 is 0.889 bits per heavy atom. The van der Waals surface area contributed by atoms with Gasteiger partial charge in [-0.05, 0) is 34.7 Å². The smallest absolute Gasteiger partial charge is 0.136 e. The lowest BCUT2D eigenvalue weighted by Crippen LogP contribution is -2.51. The summed E-state index contributed by atoms with van der Waals surface area (Å²) in [6.45, 7) is 4.91. The van der Waals surface area contributed by atoms with E-state index in [-0.39, 0.29) is 5.92 Å². The molecule has 1 saturated carbocycles. The molecular weight excluding hydrogens is 344 g/mol. The molecule has 1 aliphatic carbocycles. The van der Waals surface area contributed by atoms with Crippen molar-refractivity contribution in [3.8, 4) is 0 Å². The van der Waals surface area contributed by atoms with E-state index in [0.29, 0.717) is 11.3 Å². The molecule has 0 saturated heterocycles. The van der Waals surface area contributed by atoms with Gasteiger partial charge in [0.25, 0.3) is 0 Å². The molecular formula is C25H28OSi. The van der Waals surface area contributed by atoms with Crippen LogP contribution in [0.2, 0.25) is 18.6 Å². The summed E-state index contributed by atoms with van der Waals surface area (Å²) < 4.78 is 0. The van der Waals surface area contributed by atoms with Crippen LogP contribution in [0.25, 0.3) is 10.8 Å².